The van der Waals surface area contributed by atoms with Gasteiger partial charge in [0.1, 0.15) is 0 Å². The second-order valence-electron chi connectivity index (χ2n) is 19.7. The zero-order valence-electron chi connectivity index (χ0n) is 38.2. The summed E-state index contributed by atoms with van der Waals surface area (Å²) in [5, 5.41) is 2.20. The van der Waals surface area contributed by atoms with Gasteiger partial charge >= 0.3 is 247 Å². The van der Waals surface area contributed by atoms with E-state index < -0.39 is 0 Å². The zero-order valence-corrected chi connectivity index (χ0v) is 40.5. The molecule has 0 radical (unpaired) electrons. The van der Waals surface area contributed by atoms with E-state index in [9.17, 15) is 0 Å². The third-order valence-electron chi connectivity index (χ3n) is 13.1. The molecule has 330 valence electrons. The molecule has 6 aromatic carbocycles. The van der Waals surface area contributed by atoms with E-state index >= 15 is 0 Å². The minimum Gasteiger partial charge on any atom is -0.0579 e. The first-order valence-corrected chi connectivity index (χ1v) is 24.0. The van der Waals surface area contributed by atoms with Crippen LogP contribution in [-0.4, -0.2) is 23.5 Å². The number of aryl methyl sites for hydroxylation is 4. The van der Waals surface area contributed by atoms with E-state index in [0.29, 0.717) is 11.5 Å². The van der Waals surface area contributed by atoms with Crippen LogP contribution in [0.3, 0.4) is 0 Å². The van der Waals surface area contributed by atoms with Crippen LogP contribution in [0.25, 0.3) is 61.1 Å². The van der Waals surface area contributed by atoms with Gasteiger partial charge in [-0.2, -0.15) is 0 Å². The molecule has 14 rings (SSSR count). The Morgan fingerprint density at radius 1 is 0.591 bits per heavy atom. The SMILES string of the molecule is CC(C)(C)c1ccc(-c2cnc(-n3c4[c-]c(Oc5[c-]c(-n6cc7c8cnc(n7[c]6=[Pt])CCc6ccc(cc6)CC8)ccc5)ccc4c4cc(-c5ccccc5)ccc43)cc2C(C)(C)C)cc1. The maximum atomic E-state index is 6.72. The van der Waals surface area contributed by atoms with Gasteiger partial charge < -0.3 is 0 Å². The predicted octanol–water partition coefficient (Wildman–Crippen LogP) is 13.9. The summed E-state index contributed by atoms with van der Waals surface area (Å²) in [6.07, 6.45) is 10.0. The summed E-state index contributed by atoms with van der Waals surface area (Å²) in [5.41, 5.74) is 15.0. The van der Waals surface area contributed by atoms with Crippen molar-refractivity contribution in [2.24, 2.45) is 0 Å². The number of nitrogens with zero attached hydrogens (tertiary/aromatic N) is 5. The van der Waals surface area contributed by atoms with Crippen molar-refractivity contribution in [3.05, 3.63) is 202 Å². The van der Waals surface area contributed by atoms with Crippen molar-refractivity contribution in [3.8, 4) is 45.3 Å². The van der Waals surface area contributed by atoms with E-state index in [-0.39, 0.29) is 10.8 Å². The quantitative estimate of drug-likeness (QED) is 0.156. The van der Waals surface area contributed by atoms with E-state index in [0.717, 1.165) is 85.3 Å². The van der Waals surface area contributed by atoms with Crippen LogP contribution in [0.4, 0.5) is 0 Å². The van der Waals surface area contributed by atoms with Crippen molar-refractivity contribution in [1.82, 2.24) is 23.5 Å². The van der Waals surface area contributed by atoms with Gasteiger partial charge in [-0.25, -0.2) is 0 Å². The van der Waals surface area contributed by atoms with Crippen LogP contribution in [-0.2, 0) is 55.9 Å². The Morgan fingerprint density at radius 3 is 2.06 bits per heavy atom. The smallest absolute Gasteiger partial charge is 0.0579 e. The fraction of sp³-hybridized carbons (Fsp3) is 0.203. The third kappa shape index (κ3) is 7.75. The van der Waals surface area contributed by atoms with E-state index in [1.165, 1.54) is 38.9 Å². The molecule has 4 aliphatic rings. The molecule has 0 aliphatic carbocycles. The number of hydrogen-bond acceptors (Lipinski definition) is 3. The standard InChI is InChI=1S/C59H51N5O.Pt/c1-58(2,3)45-25-22-42(23-26-45)51-36-61-57(34-52(51)59(4,5)6)64-53-29-24-43(41-11-8-7-9-12-41)31-50(53)49-28-27-48(33-54(49)64)65-47-14-10-13-46(32-47)62-37-55-44-21-19-39-15-17-40(18-16-39)20-30-56(60-35-44)63(55)38-62;/h7-18,22-29,31,34-37H,19-21,30H2,1-6H3;/q-2;. The van der Waals surface area contributed by atoms with Gasteiger partial charge in [-0.05, 0) is 38.6 Å². The summed E-state index contributed by atoms with van der Waals surface area (Å²) in [5.74, 6) is 3.10. The zero-order chi connectivity index (χ0) is 45.3. The molecule has 0 amide bonds. The van der Waals surface area contributed by atoms with E-state index in [4.69, 9.17) is 14.7 Å². The second kappa shape index (κ2) is 16.4. The summed E-state index contributed by atoms with van der Waals surface area (Å²) in [4.78, 5) is 10.3. The van der Waals surface area contributed by atoms with Gasteiger partial charge in [0.15, 0.2) is 0 Å². The second-order valence-corrected chi connectivity index (χ2v) is 20.7. The van der Waals surface area contributed by atoms with Gasteiger partial charge in [0, 0.05) is 11.8 Å². The molecule has 0 saturated heterocycles. The van der Waals surface area contributed by atoms with Gasteiger partial charge in [0.05, 0.1) is 0 Å². The Morgan fingerprint density at radius 2 is 1.32 bits per heavy atom. The van der Waals surface area contributed by atoms with Crippen LogP contribution in [0.5, 0.6) is 11.5 Å². The fourth-order valence-corrected chi connectivity index (χ4v) is 10.4. The van der Waals surface area contributed by atoms with Crippen molar-refractivity contribution in [2.45, 2.75) is 78.1 Å². The Balaban J connectivity index is 1.00. The molecule has 6 nitrogen and oxygen atoms in total. The summed E-state index contributed by atoms with van der Waals surface area (Å²) in [7, 11) is 0. The molecule has 0 unspecified atom stereocenters. The average Bonchev–Trinajstić information content (AvgIpc) is 3.84. The van der Waals surface area contributed by atoms with Gasteiger partial charge in [-0.3, -0.25) is 0 Å². The molecule has 0 atom stereocenters. The molecule has 0 fully saturated rings. The monoisotopic (exact) mass is 1040 g/mol. The predicted molar refractivity (Wildman–Crippen MR) is 264 cm³/mol. The molecule has 0 saturated carbocycles. The topological polar surface area (TPSA) is 49.3 Å². The van der Waals surface area contributed by atoms with E-state index in [1.807, 2.05) is 18.2 Å². The van der Waals surface area contributed by atoms with Crippen molar-refractivity contribution in [3.63, 3.8) is 0 Å². The number of aromatic nitrogens is 5. The number of fused-ring (bicyclic) bond motifs is 3. The van der Waals surface area contributed by atoms with Gasteiger partial charge in [0.25, 0.3) is 0 Å². The Labute approximate surface area is 397 Å². The molecule has 10 aromatic rings. The van der Waals surface area contributed by atoms with Crippen molar-refractivity contribution in [2.75, 3.05) is 0 Å². The van der Waals surface area contributed by atoms with Crippen molar-refractivity contribution >= 4 is 27.3 Å². The molecule has 4 aromatic heterocycles. The first-order chi connectivity index (χ1) is 31.9. The van der Waals surface area contributed by atoms with Crippen LogP contribution < -0.4 is 4.74 Å². The van der Waals surface area contributed by atoms with Crippen LogP contribution in [0.1, 0.15) is 75.2 Å². The van der Waals surface area contributed by atoms with Crippen LogP contribution in [0.15, 0.2) is 152 Å². The molecule has 4 bridgehead atoms. The summed E-state index contributed by atoms with van der Waals surface area (Å²) >= 11 is 2.44. The number of rotatable bonds is 6. The molecular formula is C59H51N5OPt-2. The van der Waals surface area contributed by atoms with Crippen LogP contribution in [0, 0.1) is 15.9 Å². The average molecular weight is 1040 g/mol. The maximum absolute atomic E-state index is 6.72. The molecule has 8 heterocycles. The molecule has 7 heteroatoms. The van der Waals surface area contributed by atoms with Gasteiger partial charge in [0.2, 0.25) is 0 Å². The number of ether oxygens (including phenoxy) is 1. The minimum atomic E-state index is -0.157. The van der Waals surface area contributed by atoms with E-state index in [2.05, 4.69) is 220 Å². The molecule has 4 aliphatic heterocycles. The number of hydrogen-bond donors (Lipinski definition) is 0. The molecule has 66 heavy (non-hydrogen) atoms. The van der Waals surface area contributed by atoms with Crippen LogP contribution >= 0.6 is 0 Å². The third-order valence-corrected chi connectivity index (χ3v) is 14.2. The van der Waals surface area contributed by atoms with Crippen LogP contribution in [0.2, 0.25) is 0 Å². The van der Waals surface area contributed by atoms with E-state index in [1.54, 1.807) is 0 Å². The Hall–Kier alpha value is -6.62. The number of imidazole rings is 1. The first kappa shape index (κ1) is 42.0. The molecule has 0 N–H and O–H groups in total. The molecule has 0 spiro atoms. The Bertz CT molecular complexity index is 3530. The summed E-state index contributed by atoms with van der Waals surface area (Å²) in [6.45, 7) is 13.6. The number of benzene rings is 6. The van der Waals surface area contributed by atoms with Crippen molar-refractivity contribution < 1.29 is 24.1 Å². The van der Waals surface area contributed by atoms with Gasteiger partial charge in [-0.1, -0.05) is 102 Å². The number of pyridine rings is 1. The molecular weight excluding hydrogens is 990 g/mol. The Kier molecular flexibility index (Phi) is 10.4. The van der Waals surface area contributed by atoms with Crippen molar-refractivity contribution in [1.29, 1.82) is 0 Å². The summed E-state index contributed by atoms with van der Waals surface area (Å²) < 4.78 is 14.6. The summed E-state index contributed by atoms with van der Waals surface area (Å²) in [6, 6.07) is 55.2. The normalized spacial score (nSPS) is 13.2. The fourth-order valence-electron chi connectivity index (χ4n) is 9.46. The first-order valence-electron chi connectivity index (χ1n) is 22.9. The minimum absolute atomic E-state index is 0.0745. The van der Waals surface area contributed by atoms with Gasteiger partial charge in [-0.15, -0.1) is 0 Å².